The summed E-state index contributed by atoms with van der Waals surface area (Å²) in [5.74, 6) is 0. The van der Waals surface area contributed by atoms with Gasteiger partial charge >= 0.3 is 0 Å². The molecule has 0 saturated heterocycles. The molecule has 4 heteroatoms. The number of hydrogen-bond acceptors (Lipinski definition) is 4. The zero-order valence-corrected chi connectivity index (χ0v) is 6.27. The molecule has 0 aromatic rings. The minimum absolute atomic E-state index is 0.264. The van der Waals surface area contributed by atoms with Gasteiger partial charge in [0.15, 0.2) is 0 Å². The molecule has 0 radical (unpaired) electrons. The third-order valence-electron chi connectivity index (χ3n) is 1.33. The summed E-state index contributed by atoms with van der Waals surface area (Å²) >= 11 is 0. The first-order valence-electron chi connectivity index (χ1n) is 3.35. The van der Waals surface area contributed by atoms with Crippen LogP contribution in [0.1, 0.15) is 12.8 Å². The Morgan fingerprint density at radius 2 is 2.18 bits per heavy atom. The van der Waals surface area contributed by atoms with E-state index in [0.717, 1.165) is 6.29 Å². The van der Waals surface area contributed by atoms with E-state index in [1.54, 1.807) is 0 Å². The molecule has 0 rings (SSSR count). The Morgan fingerprint density at radius 1 is 1.55 bits per heavy atom. The molecule has 0 aliphatic carbocycles. The van der Waals surface area contributed by atoms with Gasteiger partial charge in [0.25, 0.3) is 0 Å². The fraction of sp³-hybridized carbons (Fsp3) is 0.571. The van der Waals surface area contributed by atoms with Gasteiger partial charge in [0.05, 0.1) is 0 Å². The molecule has 4 nitrogen and oxygen atoms in total. The highest BCUT2D eigenvalue weighted by Crippen LogP contribution is 1.99. The lowest BCUT2D eigenvalue weighted by Crippen LogP contribution is -2.26. The molecule has 0 spiro atoms. The summed E-state index contributed by atoms with van der Waals surface area (Å²) in [7, 11) is 0. The third-order valence-corrected chi connectivity index (χ3v) is 1.33. The van der Waals surface area contributed by atoms with Gasteiger partial charge in [0, 0.05) is 12.5 Å². The van der Waals surface area contributed by atoms with E-state index in [1.165, 1.54) is 0 Å². The van der Waals surface area contributed by atoms with Crippen LogP contribution in [0.2, 0.25) is 0 Å². The predicted molar refractivity (Wildman–Crippen MR) is 42.7 cm³/mol. The SMILES string of the molecule is C=NC(C=O)CC(N)CC=O. The molecule has 62 valence electrons. The fourth-order valence-electron chi connectivity index (χ4n) is 0.703. The van der Waals surface area contributed by atoms with Crippen molar-refractivity contribution in [2.24, 2.45) is 10.7 Å². The van der Waals surface area contributed by atoms with Crippen molar-refractivity contribution in [2.45, 2.75) is 24.9 Å². The van der Waals surface area contributed by atoms with Crippen molar-refractivity contribution in [3.05, 3.63) is 0 Å². The zero-order valence-electron chi connectivity index (χ0n) is 6.27. The summed E-state index contributed by atoms with van der Waals surface area (Å²) in [5.41, 5.74) is 5.46. The topological polar surface area (TPSA) is 72.5 Å². The average molecular weight is 156 g/mol. The van der Waals surface area contributed by atoms with Crippen LogP contribution in [0, 0.1) is 0 Å². The number of hydrogen-bond donors (Lipinski definition) is 1. The van der Waals surface area contributed by atoms with Crippen LogP contribution in [-0.2, 0) is 9.59 Å². The molecular formula is C7H12N2O2. The Labute approximate surface area is 65.5 Å². The average Bonchev–Trinajstić information content (AvgIpc) is 2.01. The highest BCUT2D eigenvalue weighted by molar-refractivity contribution is 5.59. The lowest BCUT2D eigenvalue weighted by Gasteiger charge is -2.08. The quantitative estimate of drug-likeness (QED) is 0.418. The molecule has 11 heavy (non-hydrogen) atoms. The molecule has 0 saturated carbocycles. The summed E-state index contributed by atoms with van der Waals surface area (Å²) in [6.07, 6.45) is 2.07. The van der Waals surface area contributed by atoms with Gasteiger partial charge < -0.3 is 15.3 Å². The zero-order chi connectivity index (χ0) is 8.69. The van der Waals surface area contributed by atoms with Crippen molar-refractivity contribution in [2.75, 3.05) is 0 Å². The standard InChI is InChI=1S/C7H12N2O2/c1-9-7(5-11)4-6(8)2-3-10/h3,5-7H,1-2,4,8H2. The van der Waals surface area contributed by atoms with Gasteiger partial charge in [-0.3, -0.25) is 4.99 Å². The molecule has 0 bridgehead atoms. The van der Waals surface area contributed by atoms with E-state index >= 15 is 0 Å². The first-order valence-corrected chi connectivity index (χ1v) is 3.35. The molecule has 2 unspecified atom stereocenters. The van der Waals surface area contributed by atoms with Gasteiger partial charge in [-0.2, -0.15) is 0 Å². The summed E-state index contributed by atoms with van der Waals surface area (Å²) in [6, 6.07) is -0.752. The second-order valence-corrected chi connectivity index (χ2v) is 2.28. The van der Waals surface area contributed by atoms with Crippen LogP contribution in [-0.4, -0.2) is 31.4 Å². The maximum Gasteiger partial charge on any atom is 0.144 e. The summed E-state index contributed by atoms with van der Waals surface area (Å²) < 4.78 is 0. The first kappa shape index (κ1) is 9.97. The van der Waals surface area contributed by atoms with E-state index in [0.29, 0.717) is 12.7 Å². The van der Waals surface area contributed by atoms with Gasteiger partial charge in [-0.05, 0) is 13.1 Å². The fourth-order valence-corrected chi connectivity index (χ4v) is 0.703. The van der Waals surface area contributed by atoms with Gasteiger partial charge in [-0.1, -0.05) is 0 Å². The van der Waals surface area contributed by atoms with E-state index in [-0.39, 0.29) is 12.5 Å². The maximum atomic E-state index is 10.2. The smallest absolute Gasteiger partial charge is 0.144 e. The number of nitrogens with two attached hydrogens (primary N) is 1. The number of aldehydes is 2. The van der Waals surface area contributed by atoms with Crippen LogP contribution < -0.4 is 5.73 Å². The van der Waals surface area contributed by atoms with Crippen LogP contribution in [0.25, 0.3) is 0 Å². The number of aliphatic imine (C=N–C) groups is 1. The Hall–Kier alpha value is -1.03. The molecule has 0 fully saturated rings. The van der Waals surface area contributed by atoms with Crippen molar-refractivity contribution in [3.63, 3.8) is 0 Å². The lowest BCUT2D eigenvalue weighted by molar-refractivity contribution is -0.110. The molecule has 0 aromatic carbocycles. The van der Waals surface area contributed by atoms with Crippen LogP contribution in [0.4, 0.5) is 0 Å². The number of carbonyl (C=O) groups excluding carboxylic acids is 2. The van der Waals surface area contributed by atoms with E-state index < -0.39 is 6.04 Å². The Morgan fingerprint density at radius 3 is 2.55 bits per heavy atom. The van der Waals surface area contributed by atoms with Gasteiger partial charge in [-0.15, -0.1) is 0 Å². The van der Waals surface area contributed by atoms with E-state index in [4.69, 9.17) is 5.73 Å². The van der Waals surface area contributed by atoms with Crippen molar-refractivity contribution < 1.29 is 9.59 Å². The second kappa shape index (κ2) is 5.73. The van der Waals surface area contributed by atoms with Gasteiger partial charge in [-0.25, -0.2) is 0 Å². The van der Waals surface area contributed by atoms with E-state index in [9.17, 15) is 9.59 Å². The molecule has 0 aromatic heterocycles. The minimum atomic E-state index is -0.468. The first-order chi connectivity index (χ1) is 5.24. The maximum absolute atomic E-state index is 10.2. The van der Waals surface area contributed by atoms with Crippen molar-refractivity contribution in [3.8, 4) is 0 Å². The van der Waals surface area contributed by atoms with Crippen molar-refractivity contribution in [1.82, 2.24) is 0 Å². The van der Waals surface area contributed by atoms with E-state index in [2.05, 4.69) is 11.7 Å². The molecule has 0 amide bonds. The van der Waals surface area contributed by atoms with Crippen LogP contribution in [0.5, 0.6) is 0 Å². The summed E-state index contributed by atoms with van der Waals surface area (Å²) in [4.78, 5) is 23.7. The largest absolute Gasteiger partial charge is 0.327 e. The monoisotopic (exact) mass is 156 g/mol. The van der Waals surface area contributed by atoms with Gasteiger partial charge in [0.1, 0.15) is 18.6 Å². The number of carbonyl (C=O) groups is 2. The highest BCUT2D eigenvalue weighted by atomic mass is 16.1. The normalized spacial score (nSPS) is 15.0. The highest BCUT2D eigenvalue weighted by Gasteiger charge is 2.09. The Kier molecular flexibility index (Phi) is 5.20. The minimum Gasteiger partial charge on any atom is -0.327 e. The molecule has 0 aliphatic heterocycles. The van der Waals surface area contributed by atoms with Crippen molar-refractivity contribution in [1.29, 1.82) is 0 Å². The molecule has 0 heterocycles. The van der Waals surface area contributed by atoms with Crippen LogP contribution in [0.3, 0.4) is 0 Å². The van der Waals surface area contributed by atoms with Crippen LogP contribution in [0.15, 0.2) is 4.99 Å². The van der Waals surface area contributed by atoms with Crippen molar-refractivity contribution >= 4 is 19.3 Å². The number of nitrogens with zero attached hydrogens (tertiary/aromatic N) is 1. The second-order valence-electron chi connectivity index (χ2n) is 2.28. The van der Waals surface area contributed by atoms with Crippen LogP contribution >= 0.6 is 0 Å². The molecule has 0 aliphatic rings. The molecule has 2 atom stereocenters. The predicted octanol–water partition coefficient (Wildman–Crippen LogP) is -0.439. The van der Waals surface area contributed by atoms with Gasteiger partial charge in [0.2, 0.25) is 0 Å². The molecular weight excluding hydrogens is 144 g/mol. The third kappa shape index (κ3) is 4.38. The lowest BCUT2D eigenvalue weighted by atomic mass is 10.1. The number of rotatable bonds is 6. The Bertz CT molecular complexity index is 139. The summed E-state index contributed by atoms with van der Waals surface area (Å²) in [6.45, 7) is 3.22. The summed E-state index contributed by atoms with van der Waals surface area (Å²) in [5, 5.41) is 0. The molecule has 2 N–H and O–H groups in total. The Balaban J connectivity index is 3.69. The van der Waals surface area contributed by atoms with E-state index in [1.807, 2.05) is 0 Å².